The summed E-state index contributed by atoms with van der Waals surface area (Å²) in [5.74, 6) is 4.16. The van der Waals surface area contributed by atoms with Crippen LogP contribution in [0.1, 0.15) is 46.5 Å². The fourth-order valence-corrected chi connectivity index (χ4v) is 5.24. The summed E-state index contributed by atoms with van der Waals surface area (Å²) in [5.41, 5.74) is 0.590. The molecule has 3 saturated carbocycles. The van der Waals surface area contributed by atoms with E-state index in [1.165, 1.54) is 19.3 Å². The van der Waals surface area contributed by atoms with E-state index in [9.17, 15) is 5.11 Å². The minimum absolute atomic E-state index is 0.0387. The van der Waals surface area contributed by atoms with Gasteiger partial charge in [0, 0.05) is 0 Å². The highest BCUT2D eigenvalue weighted by Gasteiger charge is 2.74. The Kier molecular flexibility index (Phi) is 2.03. The maximum Gasteiger partial charge on any atom is 0.0577 e. The van der Waals surface area contributed by atoms with Gasteiger partial charge in [-0.25, -0.2) is 0 Å². The Hall–Kier alpha value is -0.0400. The standard InChI is InChI=1S/C14H24O/c1-8(2)10-5-4-9(3)14-7-6-11(15)13(14)12(10)14/h8-13,15H,4-7H2,1-3H3/t9-,10?,11?,12?,13-,14?/m1/s1. The van der Waals surface area contributed by atoms with E-state index < -0.39 is 0 Å². The summed E-state index contributed by atoms with van der Waals surface area (Å²) >= 11 is 0. The summed E-state index contributed by atoms with van der Waals surface area (Å²) in [6.07, 6.45) is 5.25. The molecule has 0 heterocycles. The van der Waals surface area contributed by atoms with Gasteiger partial charge in [-0.2, -0.15) is 0 Å². The van der Waals surface area contributed by atoms with Crippen LogP contribution in [0.3, 0.4) is 0 Å². The topological polar surface area (TPSA) is 20.2 Å². The maximum atomic E-state index is 10.1. The second-order valence-electron chi connectivity index (χ2n) is 6.66. The first kappa shape index (κ1) is 10.1. The van der Waals surface area contributed by atoms with Crippen molar-refractivity contribution in [3.05, 3.63) is 0 Å². The van der Waals surface area contributed by atoms with Crippen LogP contribution in [-0.2, 0) is 0 Å². The van der Waals surface area contributed by atoms with Crippen molar-refractivity contribution in [1.82, 2.24) is 0 Å². The Balaban J connectivity index is 1.88. The molecule has 3 rings (SSSR count). The second kappa shape index (κ2) is 3.00. The van der Waals surface area contributed by atoms with Crippen molar-refractivity contribution in [2.75, 3.05) is 0 Å². The van der Waals surface area contributed by atoms with Crippen molar-refractivity contribution >= 4 is 0 Å². The van der Waals surface area contributed by atoms with Gasteiger partial charge in [-0.15, -0.1) is 0 Å². The first-order valence-corrected chi connectivity index (χ1v) is 6.77. The average molecular weight is 208 g/mol. The summed E-state index contributed by atoms with van der Waals surface area (Å²) < 4.78 is 0. The summed E-state index contributed by atoms with van der Waals surface area (Å²) in [4.78, 5) is 0. The van der Waals surface area contributed by atoms with Crippen LogP contribution in [0, 0.1) is 35.0 Å². The highest BCUT2D eigenvalue weighted by atomic mass is 16.3. The van der Waals surface area contributed by atoms with E-state index in [0.717, 1.165) is 30.1 Å². The van der Waals surface area contributed by atoms with E-state index in [1.807, 2.05) is 0 Å². The van der Waals surface area contributed by atoms with Crippen molar-refractivity contribution in [3.8, 4) is 0 Å². The smallest absolute Gasteiger partial charge is 0.0577 e. The lowest BCUT2D eigenvalue weighted by atomic mass is 9.70. The molecular weight excluding hydrogens is 184 g/mol. The van der Waals surface area contributed by atoms with Crippen molar-refractivity contribution in [2.45, 2.75) is 52.6 Å². The van der Waals surface area contributed by atoms with Crippen LogP contribution < -0.4 is 0 Å². The van der Waals surface area contributed by atoms with Crippen LogP contribution in [0.25, 0.3) is 0 Å². The fraction of sp³-hybridized carbons (Fsp3) is 1.00. The Morgan fingerprint density at radius 3 is 2.53 bits per heavy atom. The molecule has 0 aromatic rings. The summed E-state index contributed by atoms with van der Waals surface area (Å²) in [5, 5.41) is 10.1. The van der Waals surface area contributed by atoms with Gasteiger partial charge >= 0.3 is 0 Å². The molecule has 6 atom stereocenters. The molecule has 0 aliphatic heterocycles. The summed E-state index contributed by atoms with van der Waals surface area (Å²) in [6.45, 7) is 7.17. The third kappa shape index (κ3) is 1.08. The molecule has 4 unspecified atom stereocenters. The summed E-state index contributed by atoms with van der Waals surface area (Å²) in [7, 11) is 0. The van der Waals surface area contributed by atoms with E-state index in [-0.39, 0.29) is 6.10 Å². The van der Waals surface area contributed by atoms with Crippen molar-refractivity contribution < 1.29 is 5.11 Å². The van der Waals surface area contributed by atoms with Gasteiger partial charge in [0.05, 0.1) is 6.10 Å². The number of hydrogen-bond donors (Lipinski definition) is 1. The van der Waals surface area contributed by atoms with Crippen molar-refractivity contribution in [3.63, 3.8) is 0 Å². The van der Waals surface area contributed by atoms with Gasteiger partial charge in [0.2, 0.25) is 0 Å². The highest BCUT2D eigenvalue weighted by molar-refractivity contribution is 5.22. The van der Waals surface area contributed by atoms with E-state index in [2.05, 4.69) is 20.8 Å². The van der Waals surface area contributed by atoms with Crippen molar-refractivity contribution in [2.24, 2.45) is 35.0 Å². The molecule has 1 N–H and O–H groups in total. The Morgan fingerprint density at radius 1 is 1.13 bits per heavy atom. The second-order valence-corrected chi connectivity index (χ2v) is 6.66. The van der Waals surface area contributed by atoms with Crippen LogP contribution in [0.15, 0.2) is 0 Å². The van der Waals surface area contributed by atoms with Crippen LogP contribution in [0.5, 0.6) is 0 Å². The van der Waals surface area contributed by atoms with Gasteiger partial charge in [-0.1, -0.05) is 20.8 Å². The molecule has 0 aromatic carbocycles. The maximum absolute atomic E-state index is 10.1. The molecule has 0 amide bonds. The zero-order valence-corrected chi connectivity index (χ0v) is 10.2. The normalized spacial score (nSPS) is 57.8. The van der Waals surface area contributed by atoms with E-state index in [4.69, 9.17) is 0 Å². The molecule has 3 aliphatic rings. The molecule has 0 bridgehead atoms. The molecule has 0 radical (unpaired) electrons. The van der Waals surface area contributed by atoms with Crippen LogP contribution in [0.4, 0.5) is 0 Å². The van der Waals surface area contributed by atoms with E-state index in [0.29, 0.717) is 11.3 Å². The first-order valence-electron chi connectivity index (χ1n) is 6.77. The summed E-state index contributed by atoms with van der Waals surface area (Å²) in [6, 6.07) is 0. The minimum atomic E-state index is 0.0387. The van der Waals surface area contributed by atoms with Crippen LogP contribution >= 0.6 is 0 Å². The van der Waals surface area contributed by atoms with Gasteiger partial charge in [0.15, 0.2) is 0 Å². The van der Waals surface area contributed by atoms with Gasteiger partial charge in [0.1, 0.15) is 0 Å². The monoisotopic (exact) mass is 208 g/mol. The predicted octanol–water partition coefficient (Wildman–Crippen LogP) is 3.08. The quantitative estimate of drug-likeness (QED) is 0.702. The number of rotatable bonds is 1. The van der Waals surface area contributed by atoms with Gasteiger partial charge < -0.3 is 5.11 Å². The molecule has 3 fully saturated rings. The number of fused-ring (bicyclic) bond motifs is 1. The number of hydrogen-bond acceptors (Lipinski definition) is 1. The Bertz CT molecular complexity index is 273. The average Bonchev–Trinajstić information content (AvgIpc) is 2.75. The molecule has 1 nitrogen and oxygen atoms in total. The third-order valence-electron chi connectivity index (χ3n) is 5.97. The number of aliphatic hydroxyl groups excluding tert-OH is 1. The van der Waals surface area contributed by atoms with Crippen LogP contribution in [-0.4, -0.2) is 11.2 Å². The van der Waals surface area contributed by atoms with Gasteiger partial charge in [0.25, 0.3) is 0 Å². The molecule has 1 spiro atoms. The first-order chi connectivity index (χ1) is 7.09. The van der Waals surface area contributed by atoms with E-state index in [1.54, 1.807) is 0 Å². The Morgan fingerprint density at radius 2 is 1.87 bits per heavy atom. The van der Waals surface area contributed by atoms with Crippen molar-refractivity contribution in [1.29, 1.82) is 0 Å². The largest absolute Gasteiger partial charge is 0.393 e. The molecular formula is C14H24O. The molecule has 3 aliphatic carbocycles. The Labute approximate surface area is 93.3 Å². The molecule has 15 heavy (non-hydrogen) atoms. The van der Waals surface area contributed by atoms with E-state index >= 15 is 0 Å². The van der Waals surface area contributed by atoms with Gasteiger partial charge in [-0.05, 0) is 60.7 Å². The SMILES string of the molecule is CC(C)C1CC[C@@H](C)C23CCC(O)[C@@H]2C13. The third-order valence-corrected chi connectivity index (χ3v) is 5.97. The molecule has 86 valence electrons. The fourth-order valence-electron chi connectivity index (χ4n) is 5.24. The number of aliphatic hydroxyl groups is 1. The lowest BCUT2D eigenvalue weighted by Gasteiger charge is -2.35. The van der Waals surface area contributed by atoms with Gasteiger partial charge in [-0.3, -0.25) is 0 Å². The molecule has 0 saturated heterocycles. The molecule has 0 aromatic heterocycles. The highest BCUT2D eigenvalue weighted by Crippen LogP contribution is 2.77. The lowest BCUT2D eigenvalue weighted by Crippen LogP contribution is -2.28. The minimum Gasteiger partial charge on any atom is -0.393 e. The predicted molar refractivity (Wildman–Crippen MR) is 61.4 cm³/mol. The van der Waals surface area contributed by atoms with Crippen LogP contribution in [0.2, 0.25) is 0 Å². The zero-order valence-electron chi connectivity index (χ0n) is 10.2. The zero-order chi connectivity index (χ0) is 10.8. The lowest BCUT2D eigenvalue weighted by molar-refractivity contribution is 0.117. The molecule has 1 heteroatoms.